The van der Waals surface area contributed by atoms with Gasteiger partial charge in [-0.1, -0.05) is 6.92 Å². The molecule has 2 heteroatoms. The molecule has 62 valence electrons. The molecule has 1 heterocycles. The number of rotatable bonds is 2. The molecule has 1 rings (SSSR count). The average Bonchev–Trinajstić information content (AvgIpc) is 2.46. The maximum Gasteiger partial charge on any atom is -0.00183 e. The van der Waals surface area contributed by atoms with Gasteiger partial charge in [-0.3, -0.25) is 0 Å². The lowest BCUT2D eigenvalue weighted by atomic mass is 10.4. The molecular weight excluding hydrogens is 124 g/mol. The van der Waals surface area contributed by atoms with Crippen LogP contribution in [0.4, 0.5) is 0 Å². The van der Waals surface area contributed by atoms with E-state index in [9.17, 15) is 0 Å². The fourth-order valence-electron chi connectivity index (χ4n) is 1.32. The van der Waals surface area contributed by atoms with Crippen LogP contribution in [-0.2, 0) is 0 Å². The van der Waals surface area contributed by atoms with Crippen LogP contribution in [-0.4, -0.2) is 31.6 Å². The van der Waals surface area contributed by atoms with Gasteiger partial charge >= 0.3 is 0 Å². The van der Waals surface area contributed by atoms with Gasteiger partial charge in [0.25, 0.3) is 0 Å². The summed E-state index contributed by atoms with van der Waals surface area (Å²) in [6.07, 6.45) is 4.18. The maximum absolute atomic E-state index is 4.50. The first-order valence-corrected chi connectivity index (χ1v) is 4.23. The summed E-state index contributed by atoms with van der Waals surface area (Å²) in [6.45, 7) is 6.28. The first-order chi connectivity index (χ1) is 4.93. The van der Waals surface area contributed by atoms with Gasteiger partial charge in [0.15, 0.2) is 0 Å². The molecule has 1 saturated heterocycles. The van der Waals surface area contributed by atoms with Crippen LogP contribution in [0, 0.1) is 0 Å². The molecule has 0 radical (unpaired) electrons. The maximum atomic E-state index is 4.50. The summed E-state index contributed by atoms with van der Waals surface area (Å²) < 4.78 is 0. The Morgan fingerprint density at radius 1 is 1.20 bits per heavy atom. The highest BCUT2D eigenvalue weighted by atomic mass is 15.1. The van der Waals surface area contributed by atoms with Gasteiger partial charge in [0.2, 0.25) is 0 Å². The van der Waals surface area contributed by atoms with Crippen molar-refractivity contribution in [2.24, 2.45) is 5.73 Å². The third-order valence-electron chi connectivity index (χ3n) is 1.74. The van der Waals surface area contributed by atoms with Crippen LogP contribution in [0.2, 0.25) is 0 Å². The molecular formula is C8H20N2. The Balaban J connectivity index is 0.000000371. The molecule has 2 nitrogen and oxygen atoms in total. The minimum absolute atomic E-state index is 1.32. The van der Waals surface area contributed by atoms with Crippen molar-refractivity contribution in [3.8, 4) is 0 Å². The molecule has 0 spiro atoms. The fraction of sp³-hybridized carbons (Fsp3) is 1.00. The Hall–Kier alpha value is -0.0800. The summed E-state index contributed by atoms with van der Waals surface area (Å²) in [6, 6.07) is 0. The van der Waals surface area contributed by atoms with E-state index in [4.69, 9.17) is 0 Å². The van der Waals surface area contributed by atoms with Crippen LogP contribution < -0.4 is 5.73 Å². The molecule has 1 aliphatic heterocycles. The number of nitrogens with zero attached hydrogens (tertiary/aromatic N) is 1. The number of hydrogen-bond donors (Lipinski definition) is 1. The number of hydrogen-bond acceptors (Lipinski definition) is 2. The first-order valence-electron chi connectivity index (χ1n) is 4.23. The number of likely N-dealkylation sites (tertiary alicyclic amines) is 1. The van der Waals surface area contributed by atoms with Crippen molar-refractivity contribution in [3.63, 3.8) is 0 Å². The van der Waals surface area contributed by atoms with E-state index >= 15 is 0 Å². The molecule has 0 aromatic heterocycles. The van der Waals surface area contributed by atoms with Gasteiger partial charge < -0.3 is 10.6 Å². The Morgan fingerprint density at radius 3 is 2.10 bits per heavy atom. The molecule has 0 unspecified atom stereocenters. The lowest BCUT2D eigenvalue weighted by Gasteiger charge is -2.11. The van der Waals surface area contributed by atoms with E-state index in [2.05, 4.69) is 17.6 Å². The second-order valence-corrected chi connectivity index (χ2v) is 2.55. The zero-order chi connectivity index (χ0) is 7.82. The lowest BCUT2D eigenvalue weighted by molar-refractivity contribution is 0.339. The van der Waals surface area contributed by atoms with Gasteiger partial charge in [0.05, 0.1) is 0 Å². The third-order valence-corrected chi connectivity index (χ3v) is 1.74. The third kappa shape index (κ3) is 3.85. The van der Waals surface area contributed by atoms with E-state index in [0.29, 0.717) is 0 Å². The largest absolute Gasteiger partial charge is 0.333 e. The minimum Gasteiger partial charge on any atom is -0.333 e. The van der Waals surface area contributed by atoms with Crippen LogP contribution in [0.15, 0.2) is 0 Å². The molecule has 0 aromatic rings. The Bertz CT molecular complexity index is 58.3. The molecule has 0 aliphatic carbocycles. The van der Waals surface area contributed by atoms with E-state index < -0.39 is 0 Å². The average molecular weight is 144 g/mol. The summed E-state index contributed by atoms with van der Waals surface area (Å²) in [7, 11) is 1.50. The Kier molecular flexibility index (Phi) is 6.98. The second kappa shape index (κ2) is 7.03. The van der Waals surface area contributed by atoms with Crippen molar-refractivity contribution < 1.29 is 0 Å². The van der Waals surface area contributed by atoms with Gasteiger partial charge in [-0.2, -0.15) is 0 Å². The van der Waals surface area contributed by atoms with Gasteiger partial charge in [-0.25, -0.2) is 0 Å². The van der Waals surface area contributed by atoms with Gasteiger partial charge in [0, 0.05) is 0 Å². The van der Waals surface area contributed by atoms with Gasteiger partial charge in [0.1, 0.15) is 0 Å². The molecule has 1 fully saturated rings. The molecule has 1 aliphatic rings. The van der Waals surface area contributed by atoms with E-state index in [0.717, 1.165) is 0 Å². The summed E-state index contributed by atoms with van der Waals surface area (Å²) >= 11 is 0. The van der Waals surface area contributed by atoms with E-state index in [1.165, 1.54) is 45.9 Å². The summed E-state index contributed by atoms with van der Waals surface area (Å²) in [5.41, 5.74) is 4.50. The van der Waals surface area contributed by atoms with Crippen molar-refractivity contribution in [2.45, 2.75) is 26.2 Å². The van der Waals surface area contributed by atoms with E-state index in [-0.39, 0.29) is 0 Å². The Labute approximate surface area is 64.4 Å². The van der Waals surface area contributed by atoms with E-state index in [1.807, 2.05) is 0 Å². The molecule has 0 saturated carbocycles. The standard InChI is InChI=1S/C7H15N.CH5N/c1-2-5-8-6-3-4-7-8;1-2/h2-7H2,1H3;2H2,1H3. The first kappa shape index (κ1) is 9.92. The van der Waals surface area contributed by atoms with Crippen LogP contribution in [0.1, 0.15) is 26.2 Å². The van der Waals surface area contributed by atoms with Gasteiger partial charge in [-0.15, -0.1) is 0 Å². The molecule has 10 heavy (non-hydrogen) atoms. The quantitative estimate of drug-likeness (QED) is 0.628. The summed E-state index contributed by atoms with van der Waals surface area (Å²) in [5.74, 6) is 0. The zero-order valence-electron chi connectivity index (χ0n) is 7.27. The molecule has 0 aromatic carbocycles. The normalized spacial score (nSPS) is 18.3. The van der Waals surface area contributed by atoms with Crippen LogP contribution in [0.5, 0.6) is 0 Å². The minimum atomic E-state index is 1.32. The van der Waals surface area contributed by atoms with Crippen molar-refractivity contribution in [1.29, 1.82) is 0 Å². The molecule has 0 atom stereocenters. The van der Waals surface area contributed by atoms with Crippen molar-refractivity contribution in [1.82, 2.24) is 4.90 Å². The molecule has 0 bridgehead atoms. The predicted octanol–water partition coefficient (Wildman–Crippen LogP) is 1.07. The topological polar surface area (TPSA) is 29.3 Å². The summed E-state index contributed by atoms with van der Waals surface area (Å²) in [4.78, 5) is 2.54. The smallest absolute Gasteiger partial charge is 0.00183 e. The lowest BCUT2D eigenvalue weighted by Crippen LogP contribution is -2.19. The SMILES string of the molecule is CCCN1CCCC1.CN. The highest BCUT2D eigenvalue weighted by Gasteiger charge is 2.08. The predicted molar refractivity (Wildman–Crippen MR) is 46.1 cm³/mol. The van der Waals surface area contributed by atoms with Crippen LogP contribution in [0.25, 0.3) is 0 Å². The molecule has 2 N–H and O–H groups in total. The zero-order valence-corrected chi connectivity index (χ0v) is 7.27. The number of nitrogens with two attached hydrogens (primary N) is 1. The Morgan fingerprint density at radius 2 is 1.70 bits per heavy atom. The van der Waals surface area contributed by atoms with Crippen LogP contribution in [0.3, 0.4) is 0 Å². The fourth-order valence-corrected chi connectivity index (χ4v) is 1.32. The highest BCUT2D eigenvalue weighted by Crippen LogP contribution is 2.06. The highest BCUT2D eigenvalue weighted by molar-refractivity contribution is 4.64. The van der Waals surface area contributed by atoms with Crippen molar-refractivity contribution >= 4 is 0 Å². The van der Waals surface area contributed by atoms with Gasteiger partial charge in [-0.05, 0) is 45.9 Å². The second-order valence-electron chi connectivity index (χ2n) is 2.55. The van der Waals surface area contributed by atoms with Crippen LogP contribution >= 0.6 is 0 Å². The monoisotopic (exact) mass is 144 g/mol. The van der Waals surface area contributed by atoms with Crippen molar-refractivity contribution in [2.75, 3.05) is 26.7 Å². The van der Waals surface area contributed by atoms with Crippen molar-refractivity contribution in [3.05, 3.63) is 0 Å². The van der Waals surface area contributed by atoms with E-state index in [1.54, 1.807) is 0 Å². The summed E-state index contributed by atoms with van der Waals surface area (Å²) in [5, 5.41) is 0. The molecule has 0 amide bonds.